The van der Waals surface area contributed by atoms with Gasteiger partial charge in [0.05, 0.1) is 10.6 Å². The minimum absolute atomic E-state index is 0.444. The van der Waals surface area contributed by atoms with Crippen molar-refractivity contribution < 1.29 is 8.42 Å². The van der Waals surface area contributed by atoms with Gasteiger partial charge in [-0.15, -0.1) is 0 Å². The van der Waals surface area contributed by atoms with Gasteiger partial charge in [0.2, 0.25) is 0 Å². The van der Waals surface area contributed by atoms with Gasteiger partial charge in [-0.05, 0) is 37.1 Å². The van der Waals surface area contributed by atoms with E-state index in [0.717, 1.165) is 61.3 Å². The van der Waals surface area contributed by atoms with E-state index >= 15 is 0 Å². The van der Waals surface area contributed by atoms with Crippen LogP contribution in [0, 0.1) is 0 Å². The van der Waals surface area contributed by atoms with E-state index < -0.39 is 10.0 Å². The Morgan fingerprint density at radius 1 is 0.833 bits per heavy atom. The second kappa shape index (κ2) is 7.60. The first kappa shape index (κ1) is 19.4. The van der Waals surface area contributed by atoms with Crippen LogP contribution in [0.5, 0.6) is 0 Å². The summed E-state index contributed by atoms with van der Waals surface area (Å²) in [7, 11) is -3.44. The van der Waals surface area contributed by atoms with Crippen LogP contribution in [0.2, 0.25) is 0 Å². The van der Waals surface area contributed by atoms with E-state index in [9.17, 15) is 8.42 Å². The Labute approximate surface area is 178 Å². The summed E-state index contributed by atoms with van der Waals surface area (Å²) in [5, 5.41) is 1.92. The molecule has 3 aromatic rings. The molecule has 2 heterocycles. The SMILES string of the molecule is CCN1c2ccc(N3CCCN(Cc4ccccc4)CC3)c3cccc(c23)S1(=O)=O. The van der Waals surface area contributed by atoms with E-state index in [1.54, 1.807) is 6.07 Å². The molecule has 1 saturated heterocycles. The number of sulfonamides is 1. The lowest BCUT2D eigenvalue weighted by atomic mass is 10.1. The average Bonchev–Trinajstić information content (AvgIpc) is 2.89. The van der Waals surface area contributed by atoms with Gasteiger partial charge in [0.15, 0.2) is 0 Å². The summed E-state index contributed by atoms with van der Waals surface area (Å²) in [6, 6.07) is 20.4. The van der Waals surface area contributed by atoms with Gasteiger partial charge >= 0.3 is 0 Å². The number of anilines is 2. The minimum atomic E-state index is -3.44. The van der Waals surface area contributed by atoms with E-state index in [0.29, 0.717) is 11.4 Å². The van der Waals surface area contributed by atoms with Crippen LogP contribution in [0.25, 0.3) is 10.8 Å². The fraction of sp³-hybridized carbons (Fsp3) is 0.333. The summed E-state index contributed by atoms with van der Waals surface area (Å²) in [5.41, 5.74) is 3.30. The summed E-state index contributed by atoms with van der Waals surface area (Å²) < 4.78 is 27.4. The molecule has 0 aliphatic carbocycles. The molecule has 0 N–H and O–H groups in total. The van der Waals surface area contributed by atoms with Crippen LogP contribution in [0.15, 0.2) is 65.6 Å². The first-order valence-corrected chi connectivity index (χ1v) is 12.1. The molecule has 0 aromatic heterocycles. The van der Waals surface area contributed by atoms with Gasteiger partial charge < -0.3 is 4.90 Å². The monoisotopic (exact) mass is 421 g/mol. The first-order chi connectivity index (χ1) is 14.6. The minimum Gasteiger partial charge on any atom is -0.370 e. The van der Waals surface area contributed by atoms with Gasteiger partial charge in [0, 0.05) is 55.7 Å². The number of rotatable bonds is 4. The van der Waals surface area contributed by atoms with E-state index in [1.165, 1.54) is 9.87 Å². The molecular formula is C24H27N3O2S. The molecule has 30 heavy (non-hydrogen) atoms. The second-order valence-corrected chi connectivity index (χ2v) is 9.89. The van der Waals surface area contributed by atoms with Gasteiger partial charge in [0.25, 0.3) is 10.0 Å². The van der Waals surface area contributed by atoms with Crippen molar-refractivity contribution in [2.75, 3.05) is 41.9 Å². The third kappa shape index (κ3) is 3.15. The van der Waals surface area contributed by atoms with Gasteiger partial charge in [-0.25, -0.2) is 8.42 Å². The van der Waals surface area contributed by atoms with Crippen molar-refractivity contribution in [2.45, 2.75) is 24.8 Å². The molecule has 5 rings (SSSR count). The van der Waals surface area contributed by atoms with Crippen LogP contribution >= 0.6 is 0 Å². The molecule has 0 amide bonds. The molecule has 0 saturated carbocycles. The van der Waals surface area contributed by atoms with Crippen LogP contribution in [-0.4, -0.2) is 46.0 Å². The predicted octanol–water partition coefficient (Wildman–Crippen LogP) is 4.08. The standard InChI is InChI=1S/C24H27N3O2S/c1-2-27-22-13-12-21(20-10-6-11-23(24(20)22)30(27,28)29)26-15-7-14-25(16-17-26)18-19-8-4-3-5-9-19/h3-6,8-13H,2,7,14-18H2,1H3. The zero-order chi connectivity index (χ0) is 20.7. The highest BCUT2D eigenvalue weighted by Gasteiger charge is 2.35. The molecule has 0 unspecified atom stereocenters. The summed E-state index contributed by atoms with van der Waals surface area (Å²) in [6.45, 7) is 7.30. The average molecular weight is 422 g/mol. The van der Waals surface area contributed by atoms with Crippen LogP contribution in [0.3, 0.4) is 0 Å². The summed E-state index contributed by atoms with van der Waals surface area (Å²) in [4.78, 5) is 5.38. The second-order valence-electron chi connectivity index (χ2n) is 8.05. The zero-order valence-corrected chi connectivity index (χ0v) is 18.1. The largest absolute Gasteiger partial charge is 0.370 e. The summed E-state index contributed by atoms with van der Waals surface area (Å²) in [6.07, 6.45) is 1.09. The van der Waals surface area contributed by atoms with Crippen molar-refractivity contribution in [1.29, 1.82) is 0 Å². The van der Waals surface area contributed by atoms with Gasteiger partial charge in [-0.3, -0.25) is 9.21 Å². The maximum atomic E-state index is 13.0. The zero-order valence-electron chi connectivity index (χ0n) is 17.3. The third-order valence-electron chi connectivity index (χ3n) is 6.26. The molecule has 1 fully saturated rings. The van der Waals surface area contributed by atoms with Crippen molar-refractivity contribution >= 4 is 32.2 Å². The van der Waals surface area contributed by atoms with Gasteiger partial charge in [-0.1, -0.05) is 42.5 Å². The Morgan fingerprint density at radius 2 is 1.63 bits per heavy atom. The lowest BCUT2D eigenvalue weighted by Crippen LogP contribution is -2.30. The maximum absolute atomic E-state index is 13.0. The Bertz CT molecular complexity index is 1180. The van der Waals surface area contributed by atoms with E-state index in [4.69, 9.17) is 0 Å². The van der Waals surface area contributed by atoms with Crippen molar-refractivity contribution in [3.05, 3.63) is 66.2 Å². The number of benzene rings is 3. The highest BCUT2D eigenvalue weighted by Crippen LogP contribution is 2.45. The highest BCUT2D eigenvalue weighted by atomic mass is 32.2. The number of nitrogens with zero attached hydrogens (tertiary/aromatic N) is 3. The van der Waals surface area contributed by atoms with Crippen molar-refractivity contribution in [3.8, 4) is 0 Å². The van der Waals surface area contributed by atoms with E-state index in [-0.39, 0.29) is 0 Å². The Balaban J connectivity index is 1.45. The molecule has 156 valence electrons. The van der Waals surface area contributed by atoms with Crippen LogP contribution in [0.4, 0.5) is 11.4 Å². The Hall–Kier alpha value is -2.57. The number of hydrogen-bond acceptors (Lipinski definition) is 4. The van der Waals surface area contributed by atoms with Gasteiger partial charge in [-0.2, -0.15) is 0 Å². The molecule has 0 radical (unpaired) electrons. The molecule has 0 spiro atoms. The Morgan fingerprint density at radius 3 is 2.43 bits per heavy atom. The van der Waals surface area contributed by atoms with Crippen LogP contribution in [0.1, 0.15) is 18.9 Å². The maximum Gasteiger partial charge on any atom is 0.265 e. The number of hydrogen-bond donors (Lipinski definition) is 0. The lowest BCUT2D eigenvalue weighted by Gasteiger charge is -2.25. The van der Waals surface area contributed by atoms with Crippen LogP contribution < -0.4 is 9.21 Å². The first-order valence-electron chi connectivity index (χ1n) is 10.7. The smallest absolute Gasteiger partial charge is 0.265 e. The topological polar surface area (TPSA) is 43.9 Å². The van der Waals surface area contributed by atoms with Gasteiger partial charge in [0.1, 0.15) is 0 Å². The lowest BCUT2D eigenvalue weighted by molar-refractivity contribution is 0.285. The molecule has 6 heteroatoms. The van der Waals surface area contributed by atoms with Crippen molar-refractivity contribution in [1.82, 2.24) is 4.90 Å². The molecule has 2 aliphatic heterocycles. The molecule has 0 atom stereocenters. The molecule has 3 aromatic carbocycles. The van der Waals surface area contributed by atoms with Crippen molar-refractivity contribution in [2.24, 2.45) is 0 Å². The normalized spacial score (nSPS) is 18.7. The fourth-order valence-corrected chi connectivity index (χ4v) is 6.55. The molecule has 0 bridgehead atoms. The summed E-state index contributed by atoms with van der Waals surface area (Å²) >= 11 is 0. The third-order valence-corrected chi connectivity index (χ3v) is 8.19. The van der Waals surface area contributed by atoms with Crippen molar-refractivity contribution in [3.63, 3.8) is 0 Å². The summed E-state index contributed by atoms with van der Waals surface area (Å²) in [5.74, 6) is 0. The van der Waals surface area contributed by atoms with Crippen LogP contribution in [-0.2, 0) is 16.6 Å². The molecule has 5 nitrogen and oxygen atoms in total. The predicted molar refractivity (Wildman–Crippen MR) is 123 cm³/mol. The molecular weight excluding hydrogens is 394 g/mol. The molecule has 2 aliphatic rings. The quantitative estimate of drug-likeness (QED) is 0.637. The van der Waals surface area contributed by atoms with E-state index in [1.807, 2.05) is 19.1 Å². The Kier molecular flexibility index (Phi) is 4.91. The highest BCUT2D eigenvalue weighted by molar-refractivity contribution is 7.93. The fourth-order valence-electron chi connectivity index (χ4n) is 4.84. The van der Waals surface area contributed by atoms with E-state index in [2.05, 4.69) is 52.3 Å².